The van der Waals surface area contributed by atoms with Crippen LogP contribution in [0.5, 0.6) is 0 Å². The maximum Gasteiger partial charge on any atom is 0.345 e. The van der Waals surface area contributed by atoms with E-state index in [1.807, 2.05) is 6.92 Å². The summed E-state index contributed by atoms with van der Waals surface area (Å²) in [6.07, 6.45) is 3.16. The average molecular weight is 273 g/mol. The molecule has 0 atom stereocenters. The number of ether oxygens (including phenoxy) is 2. The van der Waals surface area contributed by atoms with Gasteiger partial charge in [0.15, 0.2) is 0 Å². The third-order valence-corrected chi connectivity index (χ3v) is 2.47. The predicted molar refractivity (Wildman–Crippen MR) is 70.1 cm³/mol. The van der Waals surface area contributed by atoms with Crippen molar-refractivity contribution in [3.8, 4) is 0 Å². The van der Waals surface area contributed by atoms with Crippen molar-refractivity contribution < 1.29 is 19.1 Å². The van der Waals surface area contributed by atoms with Crippen LogP contribution in [-0.2, 0) is 19.1 Å². The summed E-state index contributed by atoms with van der Waals surface area (Å²) < 4.78 is 9.03. The first-order chi connectivity index (χ1) is 8.33. The van der Waals surface area contributed by atoms with E-state index in [4.69, 9.17) is 11.6 Å². The second-order valence-electron chi connectivity index (χ2n) is 3.65. The van der Waals surface area contributed by atoms with Crippen molar-refractivity contribution in [3.63, 3.8) is 0 Å². The molecule has 0 aliphatic carbocycles. The second-order valence-corrected chi connectivity index (χ2v) is 4.21. The summed E-state index contributed by atoms with van der Waals surface area (Å²) >= 11 is 5.82. The molecule has 5 heteroatoms. The third-order valence-electron chi connectivity index (χ3n) is 2.17. The first-order valence-corrected chi connectivity index (χ1v) is 5.60. The third kappa shape index (κ3) is 5.19. The molecule has 0 spiro atoms. The van der Waals surface area contributed by atoms with Gasteiger partial charge in [-0.15, -0.1) is 0 Å². The van der Waals surface area contributed by atoms with E-state index in [0.717, 1.165) is 5.57 Å². The Morgan fingerprint density at radius 2 is 1.39 bits per heavy atom. The molecule has 0 aromatic heterocycles. The number of methoxy groups -OCH3 is 2. The molecule has 0 bridgehead atoms. The Kier molecular flexibility index (Phi) is 7.05. The smallest absolute Gasteiger partial charge is 0.345 e. The first-order valence-electron chi connectivity index (χ1n) is 5.23. The van der Waals surface area contributed by atoms with E-state index in [1.165, 1.54) is 20.3 Å². The van der Waals surface area contributed by atoms with Crippen LogP contribution in [0, 0.1) is 0 Å². The normalized spacial score (nSPS) is 12.4. The summed E-state index contributed by atoms with van der Waals surface area (Å²) in [4.78, 5) is 22.8. The Bertz CT molecular complexity index is 408. The molecule has 100 valence electrons. The highest BCUT2D eigenvalue weighted by Crippen LogP contribution is 2.13. The molecule has 0 aromatic rings. The molecule has 0 aliphatic rings. The van der Waals surface area contributed by atoms with Crippen LogP contribution in [0.3, 0.4) is 0 Å². The van der Waals surface area contributed by atoms with Gasteiger partial charge < -0.3 is 9.47 Å². The minimum atomic E-state index is -0.737. The lowest BCUT2D eigenvalue weighted by Gasteiger charge is -2.04. The zero-order valence-electron chi connectivity index (χ0n) is 11.2. The quantitative estimate of drug-likeness (QED) is 0.260. The Morgan fingerprint density at radius 3 is 1.72 bits per heavy atom. The van der Waals surface area contributed by atoms with Gasteiger partial charge in [-0.25, -0.2) is 9.59 Å². The summed E-state index contributed by atoms with van der Waals surface area (Å²) in [7, 11) is 2.40. The molecule has 0 saturated heterocycles. The van der Waals surface area contributed by atoms with Crippen molar-refractivity contribution >= 4 is 23.5 Å². The van der Waals surface area contributed by atoms with E-state index in [2.05, 4.69) is 9.47 Å². The largest absolute Gasteiger partial charge is 0.465 e. The Morgan fingerprint density at radius 1 is 0.944 bits per heavy atom. The molecule has 0 amide bonds. The first kappa shape index (κ1) is 16.4. The minimum absolute atomic E-state index is 0.159. The number of carbonyl (C=O) groups is 2. The molecule has 0 aromatic carbocycles. The molecule has 0 rings (SSSR count). The molecule has 0 aliphatic heterocycles. The Balaban J connectivity index is 5.38. The fourth-order valence-corrected chi connectivity index (χ4v) is 1.19. The van der Waals surface area contributed by atoms with Gasteiger partial charge in [-0.05, 0) is 38.0 Å². The van der Waals surface area contributed by atoms with Crippen LogP contribution in [0.25, 0.3) is 0 Å². The SMILES string of the molecule is COC(=O)C(=C/C(C)=C/C(C)=C(\C)Cl)C(=O)OC. The van der Waals surface area contributed by atoms with Crippen molar-refractivity contribution in [1.29, 1.82) is 0 Å². The Hall–Kier alpha value is -1.55. The number of rotatable bonds is 4. The van der Waals surface area contributed by atoms with Crippen molar-refractivity contribution in [2.45, 2.75) is 20.8 Å². The fourth-order valence-electron chi connectivity index (χ4n) is 1.13. The number of hydrogen-bond acceptors (Lipinski definition) is 4. The average Bonchev–Trinajstić information content (AvgIpc) is 2.33. The number of esters is 2. The molecular formula is C13H17ClO4. The number of hydrogen-bond donors (Lipinski definition) is 0. The van der Waals surface area contributed by atoms with Gasteiger partial charge in [0.2, 0.25) is 0 Å². The van der Waals surface area contributed by atoms with E-state index in [9.17, 15) is 9.59 Å². The van der Waals surface area contributed by atoms with Crippen molar-refractivity contribution in [2.75, 3.05) is 14.2 Å². The van der Waals surface area contributed by atoms with E-state index in [0.29, 0.717) is 10.6 Å². The molecule has 0 heterocycles. The molecule has 0 radical (unpaired) electrons. The number of halogens is 1. The fraction of sp³-hybridized carbons (Fsp3) is 0.385. The van der Waals surface area contributed by atoms with Gasteiger partial charge in [-0.3, -0.25) is 0 Å². The second kappa shape index (κ2) is 7.71. The molecule has 18 heavy (non-hydrogen) atoms. The van der Waals surface area contributed by atoms with E-state index >= 15 is 0 Å². The van der Waals surface area contributed by atoms with Crippen molar-refractivity contribution in [3.05, 3.63) is 33.9 Å². The van der Waals surface area contributed by atoms with Gasteiger partial charge >= 0.3 is 11.9 Å². The molecule has 0 fully saturated rings. The van der Waals surface area contributed by atoms with E-state index in [-0.39, 0.29) is 5.57 Å². The summed E-state index contributed by atoms with van der Waals surface area (Å²) in [6.45, 7) is 5.33. The summed E-state index contributed by atoms with van der Waals surface area (Å²) in [5.74, 6) is -1.47. The zero-order valence-corrected chi connectivity index (χ0v) is 11.9. The van der Waals surface area contributed by atoms with Gasteiger partial charge in [-0.1, -0.05) is 17.7 Å². The van der Waals surface area contributed by atoms with Crippen LogP contribution >= 0.6 is 11.6 Å². The molecular weight excluding hydrogens is 256 g/mol. The van der Waals surface area contributed by atoms with Crippen LogP contribution in [0.15, 0.2) is 33.9 Å². The Labute approximate surface area is 112 Å². The van der Waals surface area contributed by atoms with E-state index in [1.54, 1.807) is 19.9 Å². The van der Waals surface area contributed by atoms with Gasteiger partial charge in [0.25, 0.3) is 0 Å². The highest BCUT2D eigenvalue weighted by molar-refractivity contribution is 6.29. The summed E-state index contributed by atoms with van der Waals surface area (Å²) in [5, 5.41) is 0.639. The van der Waals surface area contributed by atoms with Crippen LogP contribution in [-0.4, -0.2) is 26.2 Å². The lowest BCUT2D eigenvalue weighted by molar-refractivity contribution is -0.144. The summed E-state index contributed by atoms with van der Waals surface area (Å²) in [6, 6.07) is 0. The van der Waals surface area contributed by atoms with Gasteiger partial charge in [0, 0.05) is 5.03 Å². The van der Waals surface area contributed by atoms with Crippen LogP contribution in [0.1, 0.15) is 20.8 Å². The predicted octanol–water partition coefficient (Wildman–Crippen LogP) is 2.74. The minimum Gasteiger partial charge on any atom is -0.465 e. The van der Waals surface area contributed by atoms with Crippen LogP contribution < -0.4 is 0 Å². The monoisotopic (exact) mass is 272 g/mol. The lowest BCUT2D eigenvalue weighted by atomic mass is 10.1. The van der Waals surface area contributed by atoms with Crippen molar-refractivity contribution in [1.82, 2.24) is 0 Å². The van der Waals surface area contributed by atoms with Crippen LogP contribution in [0.4, 0.5) is 0 Å². The van der Waals surface area contributed by atoms with Crippen LogP contribution in [0.2, 0.25) is 0 Å². The zero-order chi connectivity index (χ0) is 14.3. The van der Waals surface area contributed by atoms with Gasteiger partial charge in [0.05, 0.1) is 14.2 Å². The highest BCUT2D eigenvalue weighted by atomic mass is 35.5. The standard InChI is InChI=1S/C13H17ClO4/c1-8(6-9(2)10(3)14)7-11(12(15)17-4)13(16)18-5/h6-7H,1-5H3/b8-6+,10-9+. The molecule has 0 N–H and O–H groups in total. The molecule has 0 unspecified atom stereocenters. The topological polar surface area (TPSA) is 52.6 Å². The highest BCUT2D eigenvalue weighted by Gasteiger charge is 2.19. The maximum absolute atomic E-state index is 11.4. The van der Waals surface area contributed by atoms with E-state index < -0.39 is 11.9 Å². The maximum atomic E-state index is 11.4. The van der Waals surface area contributed by atoms with Crippen molar-refractivity contribution in [2.24, 2.45) is 0 Å². The molecule has 0 saturated carbocycles. The van der Waals surface area contributed by atoms with Gasteiger partial charge in [0.1, 0.15) is 5.57 Å². The number of carbonyl (C=O) groups excluding carboxylic acids is 2. The molecule has 4 nitrogen and oxygen atoms in total. The number of allylic oxidation sites excluding steroid dienone is 5. The summed E-state index contributed by atoms with van der Waals surface area (Å²) in [5.41, 5.74) is 1.38. The lowest BCUT2D eigenvalue weighted by Crippen LogP contribution is -2.15. The van der Waals surface area contributed by atoms with Gasteiger partial charge in [-0.2, -0.15) is 0 Å².